The maximum absolute atomic E-state index is 11.7. The van der Waals surface area contributed by atoms with E-state index in [1.54, 1.807) is 19.3 Å². The minimum absolute atomic E-state index is 0.153. The molecule has 0 unspecified atom stereocenters. The summed E-state index contributed by atoms with van der Waals surface area (Å²) in [6.07, 6.45) is 3.76. The molecule has 0 saturated heterocycles. The molecule has 0 heterocycles. The van der Waals surface area contributed by atoms with Crippen LogP contribution in [-0.2, 0) is 11.2 Å². The van der Waals surface area contributed by atoms with Gasteiger partial charge in [-0.05, 0) is 47.9 Å². The van der Waals surface area contributed by atoms with Crippen molar-refractivity contribution in [1.82, 2.24) is 5.32 Å². The number of amides is 1. The number of carbonyl (C=O) groups is 1. The van der Waals surface area contributed by atoms with Gasteiger partial charge in [-0.15, -0.1) is 0 Å². The highest BCUT2D eigenvalue weighted by Crippen LogP contribution is 2.24. The largest absolute Gasteiger partial charge is 0.504 e. The third kappa shape index (κ3) is 5.07. The quantitative estimate of drug-likeness (QED) is 0.565. The lowest BCUT2D eigenvalue weighted by Crippen LogP contribution is -2.23. The van der Waals surface area contributed by atoms with Gasteiger partial charge in [-0.3, -0.25) is 4.79 Å². The topological polar surface area (TPSA) is 78.8 Å². The molecule has 2 rings (SSSR count). The van der Waals surface area contributed by atoms with Gasteiger partial charge in [0.15, 0.2) is 11.5 Å². The molecule has 120 valence electrons. The molecule has 0 bridgehead atoms. The first-order valence-corrected chi connectivity index (χ1v) is 7.19. The summed E-state index contributed by atoms with van der Waals surface area (Å²) in [5.74, 6) is 0.265. The number of hydrogen-bond acceptors (Lipinski definition) is 4. The van der Waals surface area contributed by atoms with Crippen LogP contribution in [-0.4, -0.2) is 29.8 Å². The fourth-order valence-electron chi connectivity index (χ4n) is 2.00. The highest BCUT2D eigenvalue weighted by molar-refractivity contribution is 5.91. The van der Waals surface area contributed by atoms with Gasteiger partial charge >= 0.3 is 0 Å². The number of nitrogens with one attached hydrogen (secondary N) is 1. The Balaban J connectivity index is 1.79. The number of phenolic OH excluding ortho intramolecular Hbond substituents is 2. The molecule has 2 aromatic carbocycles. The number of benzene rings is 2. The monoisotopic (exact) mass is 313 g/mol. The summed E-state index contributed by atoms with van der Waals surface area (Å²) in [6.45, 7) is 0.440. The van der Waals surface area contributed by atoms with Crippen molar-refractivity contribution in [3.05, 3.63) is 59.7 Å². The maximum Gasteiger partial charge on any atom is 0.244 e. The lowest BCUT2D eigenvalue weighted by molar-refractivity contribution is -0.116. The maximum atomic E-state index is 11.7. The average molecular weight is 313 g/mol. The smallest absolute Gasteiger partial charge is 0.244 e. The molecule has 5 nitrogen and oxygen atoms in total. The lowest BCUT2D eigenvalue weighted by atomic mass is 10.1. The zero-order chi connectivity index (χ0) is 16.7. The molecule has 1 amide bonds. The summed E-state index contributed by atoms with van der Waals surface area (Å²) in [4.78, 5) is 11.7. The van der Waals surface area contributed by atoms with Gasteiger partial charge in [0, 0.05) is 12.6 Å². The molecule has 0 radical (unpaired) electrons. The van der Waals surface area contributed by atoms with Crippen LogP contribution in [0.15, 0.2) is 48.5 Å². The molecule has 3 N–H and O–H groups in total. The number of rotatable bonds is 6. The Kier molecular flexibility index (Phi) is 5.63. The van der Waals surface area contributed by atoms with E-state index in [0.717, 1.165) is 16.9 Å². The van der Waals surface area contributed by atoms with Gasteiger partial charge in [-0.2, -0.15) is 0 Å². The Bertz CT molecular complexity index is 693. The van der Waals surface area contributed by atoms with Crippen molar-refractivity contribution in [3.8, 4) is 17.2 Å². The lowest BCUT2D eigenvalue weighted by Gasteiger charge is -2.04. The van der Waals surface area contributed by atoms with Crippen LogP contribution in [0.4, 0.5) is 0 Å². The predicted molar refractivity (Wildman–Crippen MR) is 88.5 cm³/mol. The molecule has 23 heavy (non-hydrogen) atoms. The van der Waals surface area contributed by atoms with Crippen LogP contribution in [0.25, 0.3) is 6.08 Å². The fraction of sp³-hybridized carbons (Fsp3) is 0.167. The van der Waals surface area contributed by atoms with Gasteiger partial charge in [0.1, 0.15) is 5.75 Å². The number of methoxy groups -OCH3 is 1. The number of hydrogen-bond donors (Lipinski definition) is 3. The van der Waals surface area contributed by atoms with Crippen molar-refractivity contribution < 1.29 is 19.7 Å². The van der Waals surface area contributed by atoms with Gasteiger partial charge in [0.05, 0.1) is 7.11 Å². The summed E-state index contributed by atoms with van der Waals surface area (Å²) in [7, 11) is 1.60. The second-order valence-corrected chi connectivity index (χ2v) is 4.97. The molecular formula is C18H19NO4. The van der Waals surface area contributed by atoms with Crippen molar-refractivity contribution in [1.29, 1.82) is 0 Å². The summed E-state index contributed by atoms with van der Waals surface area (Å²) >= 11 is 0. The van der Waals surface area contributed by atoms with Crippen LogP contribution in [0, 0.1) is 0 Å². The van der Waals surface area contributed by atoms with Crippen LogP contribution >= 0.6 is 0 Å². The Morgan fingerprint density at radius 3 is 2.52 bits per heavy atom. The molecule has 0 atom stereocenters. The Morgan fingerprint density at radius 1 is 1.13 bits per heavy atom. The van der Waals surface area contributed by atoms with Crippen LogP contribution in [0.2, 0.25) is 0 Å². The van der Waals surface area contributed by atoms with Gasteiger partial charge in [0.25, 0.3) is 0 Å². The summed E-state index contributed by atoms with van der Waals surface area (Å²) < 4.78 is 5.07. The molecule has 0 aliphatic rings. The van der Waals surface area contributed by atoms with Crippen molar-refractivity contribution in [2.75, 3.05) is 13.7 Å². The Morgan fingerprint density at radius 2 is 1.87 bits per heavy atom. The van der Waals surface area contributed by atoms with Gasteiger partial charge in [0.2, 0.25) is 5.91 Å². The van der Waals surface area contributed by atoms with Gasteiger partial charge < -0.3 is 20.3 Å². The van der Waals surface area contributed by atoms with E-state index < -0.39 is 0 Å². The molecule has 0 saturated carbocycles. The molecule has 0 aromatic heterocycles. The van der Waals surface area contributed by atoms with E-state index in [4.69, 9.17) is 4.74 Å². The Hall–Kier alpha value is -2.95. The first-order valence-electron chi connectivity index (χ1n) is 7.19. The summed E-state index contributed by atoms with van der Waals surface area (Å²) in [5, 5.41) is 21.4. The summed E-state index contributed by atoms with van der Waals surface area (Å²) in [6, 6.07) is 12.0. The number of carbonyl (C=O) groups excluding carboxylic acids is 1. The van der Waals surface area contributed by atoms with Crippen molar-refractivity contribution in [3.63, 3.8) is 0 Å². The van der Waals surface area contributed by atoms with Crippen LogP contribution in [0.5, 0.6) is 17.2 Å². The zero-order valence-electron chi connectivity index (χ0n) is 12.8. The fourth-order valence-corrected chi connectivity index (χ4v) is 2.00. The van der Waals surface area contributed by atoms with Gasteiger partial charge in [-0.1, -0.05) is 18.2 Å². The van der Waals surface area contributed by atoms with E-state index in [1.165, 1.54) is 18.2 Å². The molecule has 5 heteroatoms. The van der Waals surface area contributed by atoms with E-state index in [0.29, 0.717) is 13.0 Å². The average Bonchev–Trinajstić information content (AvgIpc) is 2.56. The number of ether oxygens (including phenoxy) is 1. The van der Waals surface area contributed by atoms with Crippen LogP contribution in [0.3, 0.4) is 0 Å². The third-order valence-electron chi connectivity index (χ3n) is 3.30. The minimum Gasteiger partial charge on any atom is -0.504 e. The van der Waals surface area contributed by atoms with Crippen LogP contribution in [0.1, 0.15) is 11.1 Å². The van der Waals surface area contributed by atoms with Gasteiger partial charge in [-0.25, -0.2) is 0 Å². The highest BCUT2D eigenvalue weighted by atomic mass is 16.5. The van der Waals surface area contributed by atoms with E-state index in [1.807, 2.05) is 24.3 Å². The molecule has 2 aromatic rings. The van der Waals surface area contributed by atoms with Crippen LogP contribution < -0.4 is 10.1 Å². The minimum atomic E-state index is -0.191. The molecule has 0 fully saturated rings. The molecule has 0 aliphatic carbocycles. The molecule has 0 aliphatic heterocycles. The van der Waals surface area contributed by atoms with Crippen molar-refractivity contribution >= 4 is 12.0 Å². The standard InChI is InChI=1S/C18H19NO4/c1-23-15-6-2-13(3-7-15)5-9-18(22)19-11-10-14-4-8-16(20)17(21)12-14/h2-9,12,20-21H,10-11H2,1H3,(H,19,22)/b9-5-. The first-order chi connectivity index (χ1) is 11.1. The second kappa shape index (κ2) is 7.89. The zero-order valence-corrected chi connectivity index (χ0v) is 12.8. The Labute approximate surface area is 134 Å². The van der Waals surface area contributed by atoms with E-state index in [9.17, 15) is 15.0 Å². The molecule has 0 spiro atoms. The number of aromatic hydroxyl groups is 2. The predicted octanol–water partition coefficient (Wildman–Crippen LogP) is 2.48. The van der Waals surface area contributed by atoms with Crippen molar-refractivity contribution in [2.45, 2.75) is 6.42 Å². The van der Waals surface area contributed by atoms with E-state index in [-0.39, 0.29) is 17.4 Å². The number of phenols is 2. The van der Waals surface area contributed by atoms with Crippen molar-refractivity contribution in [2.24, 2.45) is 0 Å². The van der Waals surface area contributed by atoms with E-state index in [2.05, 4.69) is 5.32 Å². The first kappa shape index (κ1) is 16.4. The normalized spacial score (nSPS) is 10.7. The second-order valence-electron chi connectivity index (χ2n) is 4.97. The van der Waals surface area contributed by atoms with E-state index >= 15 is 0 Å². The SMILES string of the molecule is COc1ccc(/C=C\C(=O)NCCc2ccc(O)c(O)c2)cc1. The highest BCUT2D eigenvalue weighted by Gasteiger charge is 2.01. The molecular weight excluding hydrogens is 294 g/mol. The third-order valence-corrected chi connectivity index (χ3v) is 3.30. The summed E-state index contributed by atoms with van der Waals surface area (Å²) in [5.41, 5.74) is 1.74.